The Labute approximate surface area is 60.9 Å². The Morgan fingerprint density at radius 3 is 2.33 bits per heavy atom. The van der Waals surface area contributed by atoms with Crippen LogP contribution in [0.3, 0.4) is 0 Å². The van der Waals surface area contributed by atoms with Crippen molar-refractivity contribution in [1.29, 1.82) is 0 Å². The number of hydrogen-bond acceptors (Lipinski definition) is 2. The molecule has 0 unspecified atom stereocenters. The molecule has 4 heteroatoms. The normalized spacial score (nSPS) is 12.7. The van der Waals surface area contributed by atoms with E-state index >= 15 is 0 Å². The van der Waals surface area contributed by atoms with Gasteiger partial charge in [0.15, 0.2) is 5.96 Å². The standard InChI is InChI=1S/C5H13N3S/c1-2-4(3-9)8-5(6)7/h4,9H,2-3H2,1H3,(H4,6,7,8)/t4-/m1/s1. The summed E-state index contributed by atoms with van der Waals surface area (Å²) in [5.41, 5.74) is 10.3. The van der Waals surface area contributed by atoms with Gasteiger partial charge in [-0.05, 0) is 6.42 Å². The molecule has 1 atom stereocenters. The second-order valence-electron chi connectivity index (χ2n) is 1.80. The van der Waals surface area contributed by atoms with Gasteiger partial charge in [-0.3, -0.25) is 0 Å². The minimum Gasteiger partial charge on any atom is -0.370 e. The molecule has 0 heterocycles. The average Bonchev–Trinajstić information content (AvgIpc) is 1.82. The first-order chi connectivity index (χ1) is 4.20. The van der Waals surface area contributed by atoms with Gasteiger partial charge in [0.2, 0.25) is 0 Å². The Kier molecular flexibility index (Phi) is 4.30. The van der Waals surface area contributed by atoms with E-state index in [1.165, 1.54) is 0 Å². The number of guanidine groups is 1. The molecular weight excluding hydrogens is 134 g/mol. The van der Waals surface area contributed by atoms with Crippen LogP contribution >= 0.6 is 12.6 Å². The van der Waals surface area contributed by atoms with Gasteiger partial charge in [0.25, 0.3) is 0 Å². The third-order valence-electron chi connectivity index (χ3n) is 1.01. The Balaban J connectivity index is 3.68. The summed E-state index contributed by atoms with van der Waals surface area (Å²) in [6.07, 6.45) is 0.932. The number of hydrogen-bond donors (Lipinski definition) is 3. The molecular formula is C5H13N3S. The second-order valence-corrected chi connectivity index (χ2v) is 2.16. The zero-order valence-corrected chi connectivity index (χ0v) is 6.44. The summed E-state index contributed by atoms with van der Waals surface area (Å²) >= 11 is 4.05. The van der Waals surface area contributed by atoms with Gasteiger partial charge in [0, 0.05) is 5.75 Å². The van der Waals surface area contributed by atoms with E-state index in [4.69, 9.17) is 11.5 Å². The Morgan fingerprint density at radius 1 is 1.67 bits per heavy atom. The van der Waals surface area contributed by atoms with Gasteiger partial charge in [0.05, 0.1) is 6.04 Å². The van der Waals surface area contributed by atoms with Gasteiger partial charge in [0.1, 0.15) is 0 Å². The molecule has 0 saturated heterocycles. The van der Waals surface area contributed by atoms with E-state index < -0.39 is 0 Å². The van der Waals surface area contributed by atoms with Gasteiger partial charge < -0.3 is 11.5 Å². The smallest absolute Gasteiger partial charge is 0.186 e. The fourth-order valence-corrected chi connectivity index (χ4v) is 0.812. The van der Waals surface area contributed by atoms with Crippen LogP contribution in [0.25, 0.3) is 0 Å². The molecule has 0 amide bonds. The van der Waals surface area contributed by atoms with E-state index in [9.17, 15) is 0 Å². The molecule has 0 aliphatic carbocycles. The highest BCUT2D eigenvalue weighted by Gasteiger charge is 1.98. The molecule has 0 aromatic rings. The summed E-state index contributed by atoms with van der Waals surface area (Å²) in [5.74, 6) is 0.852. The first kappa shape index (κ1) is 8.62. The van der Waals surface area contributed by atoms with Crippen LogP contribution in [-0.4, -0.2) is 17.8 Å². The molecule has 0 aromatic heterocycles. The summed E-state index contributed by atoms with van der Waals surface area (Å²) in [7, 11) is 0. The van der Waals surface area contributed by atoms with Gasteiger partial charge in [-0.2, -0.15) is 12.6 Å². The molecule has 0 radical (unpaired) electrons. The van der Waals surface area contributed by atoms with Crippen LogP contribution in [0.2, 0.25) is 0 Å². The van der Waals surface area contributed by atoms with Crippen LogP contribution in [0.1, 0.15) is 13.3 Å². The predicted molar refractivity (Wildman–Crippen MR) is 43.7 cm³/mol. The maximum Gasteiger partial charge on any atom is 0.186 e. The Hall–Kier alpha value is -0.380. The van der Waals surface area contributed by atoms with Gasteiger partial charge >= 0.3 is 0 Å². The van der Waals surface area contributed by atoms with E-state index in [2.05, 4.69) is 17.6 Å². The van der Waals surface area contributed by atoms with Crippen LogP contribution in [0, 0.1) is 0 Å². The minimum absolute atomic E-state index is 0.149. The van der Waals surface area contributed by atoms with Crippen LogP contribution in [-0.2, 0) is 0 Å². The predicted octanol–water partition coefficient (Wildman–Crippen LogP) is -0.0318. The van der Waals surface area contributed by atoms with Crippen molar-refractivity contribution in [2.45, 2.75) is 19.4 Å². The largest absolute Gasteiger partial charge is 0.370 e. The fraction of sp³-hybridized carbons (Fsp3) is 0.800. The topological polar surface area (TPSA) is 64.4 Å². The number of nitrogens with zero attached hydrogens (tertiary/aromatic N) is 1. The van der Waals surface area contributed by atoms with Gasteiger partial charge in [-0.25, -0.2) is 4.99 Å². The zero-order valence-electron chi connectivity index (χ0n) is 5.54. The molecule has 0 aromatic carbocycles. The highest BCUT2D eigenvalue weighted by Crippen LogP contribution is 1.97. The first-order valence-electron chi connectivity index (χ1n) is 2.90. The van der Waals surface area contributed by atoms with Gasteiger partial charge in [-0.1, -0.05) is 6.92 Å². The zero-order chi connectivity index (χ0) is 7.28. The van der Waals surface area contributed by atoms with Crippen molar-refractivity contribution in [3.63, 3.8) is 0 Å². The summed E-state index contributed by atoms with van der Waals surface area (Å²) in [5, 5.41) is 0. The van der Waals surface area contributed by atoms with E-state index in [-0.39, 0.29) is 12.0 Å². The molecule has 9 heavy (non-hydrogen) atoms. The van der Waals surface area contributed by atoms with Crippen molar-refractivity contribution in [2.75, 3.05) is 5.75 Å². The van der Waals surface area contributed by atoms with Crippen molar-refractivity contribution in [3.05, 3.63) is 0 Å². The van der Waals surface area contributed by atoms with Crippen molar-refractivity contribution >= 4 is 18.6 Å². The quantitative estimate of drug-likeness (QED) is 0.298. The summed E-state index contributed by atoms with van der Waals surface area (Å²) in [6, 6.07) is 0.179. The molecule has 54 valence electrons. The van der Waals surface area contributed by atoms with Crippen LogP contribution in [0.15, 0.2) is 4.99 Å². The van der Waals surface area contributed by atoms with Crippen LogP contribution in [0.4, 0.5) is 0 Å². The third kappa shape index (κ3) is 4.14. The lowest BCUT2D eigenvalue weighted by atomic mass is 10.3. The highest BCUT2D eigenvalue weighted by atomic mass is 32.1. The highest BCUT2D eigenvalue weighted by molar-refractivity contribution is 7.80. The van der Waals surface area contributed by atoms with E-state index in [0.29, 0.717) is 5.75 Å². The van der Waals surface area contributed by atoms with Gasteiger partial charge in [-0.15, -0.1) is 0 Å². The molecule has 0 saturated carbocycles. The minimum atomic E-state index is 0.149. The lowest BCUT2D eigenvalue weighted by Gasteiger charge is -2.04. The monoisotopic (exact) mass is 147 g/mol. The number of nitrogens with two attached hydrogens (primary N) is 2. The molecule has 0 rings (SSSR count). The maximum atomic E-state index is 5.14. The van der Waals surface area contributed by atoms with E-state index in [0.717, 1.165) is 6.42 Å². The van der Waals surface area contributed by atoms with Crippen molar-refractivity contribution < 1.29 is 0 Å². The number of thiol groups is 1. The summed E-state index contributed by atoms with van der Waals surface area (Å²) in [6.45, 7) is 2.02. The molecule has 0 bridgehead atoms. The summed E-state index contributed by atoms with van der Waals surface area (Å²) < 4.78 is 0. The van der Waals surface area contributed by atoms with Crippen LogP contribution < -0.4 is 11.5 Å². The molecule has 4 N–H and O–H groups in total. The fourth-order valence-electron chi connectivity index (χ4n) is 0.472. The molecule has 0 aliphatic heterocycles. The lowest BCUT2D eigenvalue weighted by molar-refractivity contribution is 0.726. The molecule has 0 spiro atoms. The number of rotatable bonds is 3. The van der Waals surface area contributed by atoms with Crippen molar-refractivity contribution in [2.24, 2.45) is 16.5 Å². The van der Waals surface area contributed by atoms with E-state index in [1.54, 1.807) is 0 Å². The SMILES string of the molecule is CC[C@H](CS)N=C(N)N. The maximum absolute atomic E-state index is 5.14. The van der Waals surface area contributed by atoms with Crippen molar-refractivity contribution in [3.8, 4) is 0 Å². The van der Waals surface area contributed by atoms with Crippen molar-refractivity contribution in [1.82, 2.24) is 0 Å². The second kappa shape index (κ2) is 4.49. The Morgan fingerprint density at radius 2 is 2.22 bits per heavy atom. The Bertz CT molecular complexity index is 94.4. The number of aliphatic imine (C=N–C) groups is 1. The summed E-state index contributed by atoms with van der Waals surface area (Å²) in [4.78, 5) is 3.91. The average molecular weight is 147 g/mol. The van der Waals surface area contributed by atoms with Crippen LogP contribution in [0.5, 0.6) is 0 Å². The molecule has 0 aliphatic rings. The third-order valence-corrected chi connectivity index (χ3v) is 1.44. The first-order valence-corrected chi connectivity index (χ1v) is 3.53. The molecule has 3 nitrogen and oxygen atoms in total. The van der Waals surface area contributed by atoms with E-state index in [1.807, 2.05) is 6.92 Å². The molecule has 0 fully saturated rings. The lowest BCUT2D eigenvalue weighted by Crippen LogP contribution is -2.25.